The van der Waals surface area contributed by atoms with Gasteiger partial charge in [0.1, 0.15) is 5.75 Å². The van der Waals surface area contributed by atoms with E-state index in [1.54, 1.807) is 0 Å². The fourth-order valence-electron chi connectivity index (χ4n) is 2.57. The molecule has 0 unspecified atom stereocenters. The molecule has 1 N–H and O–H groups in total. The normalized spacial score (nSPS) is 29.5. The van der Waals surface area contributed by atoms with Crippen LogP contribution in [0.5, 0.6) is 5.75 Å². The molecule has 0 saturated heterocycles. The maximum Gasteiger partial charge on any atom is 0.122 e. The number of hydrogen-bond donors (Lipinski definition) is 1. The third-order valence-corrected chi connectivity index (χ3v) is 3.60. The van der Waals surface area contributed by atoms with E-state index in [9.17, 15) is 5.11 Å². The lowest BCUT2D eigenvalue weighted by Gasteiger charge is -2.05. The van der Waals surface area contributed by atoms with Crippen LogP contribution in [0.2, 0.25) is 0 Å². The SMILES string of the molecule is C[C@H](O)[C@H]1C[C@@H]1c1ccc2c(c1)CCO2. The minimum Gasteiger partial charge on any atom is -0.493 e. The number of hydrogen-bond acceptors (Lipinski definition) is 2. The van der Waals surface area contributed by atoms with Gasteiger partial charge in [-0.3, -0.25) is 0 Å². The fraction of sp³-hybridized carbons (Fsp3) is 0.538. The van der Waals surface area contributed by atoms with E-state index in [4.69, 9.17) is 4.74 Å². The van der Waals surface area contributed by atoms with Crippen LogP contribution in [0, 0.1) is 5.92 Å². The molecule has 2 heteroatoms. The summed E-state index contributed by atoms with van der Waals surface area (Å²) in [5.41, 5.74) is 2.72. The Kier molecular flexibility index (Phi) is 1.99. The van der Waals surface area contributed by atoms with Gasteiger partial charge >= 0.3 is 0 Å². The molecule has 3 rings (SSSR count). The van der Waals surface area contributed by atoms with Gasteiger partial charge in [-0.05, 0) is 42.4 Å². The highest BCUT2D eigenvalue weighted by molar-refractivity contribution is 5.42. The molecule has 0 amide bonds. The second-order valence-corrected chi connectivity index (χ2v) is 4.71. The minimum absolute atomic E-state index is 0.167. The monoisotopic (exact) mass is 204 g/mol. The second-order valence-electron chi connectivity index (χ2n) is 4.71. The Bertz CT molecular complexity index is 384. The summed E-state index contributed by atoms with van der Waals surface area (Å²) in [4.78, 5) is 0. The standard InChI is InChI=1S/C13H16O2/c1-8(14)11-7-12(11)9-2-3-13-10(6-9)4-5-15-13/h2-3,6,8,11-12,14H,4-5,7H2,1H3/t8-,11+,12+/m0/s1. The Morgan fingerprint density at radius 2 is 2.33 bits per heavy atom. The number of rotatable bonds is 2. The second kappa shape index (κ2) is 3.24. The lowest BCUT2D eigenvalue weighted by molar-refractivity contribution is 0.169. The predicted molar refractivity (Wildman–Crippen MR) is 58.2 cm³/mol. The van der Waals surface area contributed by atoms with Crippen molar-refractivity contribution in [1.82, 2.24) is 0 Å². The average Bonchev–Trinajstić information content (AvgIpc) is 2.89. The van der Waals surface area contributed by atoms with E-state index in [1.165, 1.54) is 11.1 Å². The van der Waals surface area contributed by atoms with Gasteiger partial charge in [0.2, 0.25) is 0 Å². The van der Waals surface area contributed by atoms with Crippen molar-refractivity contribution in [2.75, 3.05) is 6.61 Å². The van der Waals surface area contributed by atoms with E-state index in [0.717, 1.165) is 25.2 Å². The Morgan fingerprint density at radius 1 is 1.47 bits per heavy atom. The van der Waals surface area contributed by atoms with Gasteiger partial charge < -0.3 is 9.84 Å². The zero-order chi connectivity index (χ0) is 10.4. The largest absolute Gasteiger partial charge is 0.493 e. The molecular formula is C13H16O2. The van der Waals surface area contributed by atoms with Gasteiger partial charge in [0.15, 0.2) is 0 Å². The van der Waals surface area contributed by atoms with Crippen molar-refractivity contribution in [2.45, 2.75) is 31.8 Å². The van der Waals surface area contributed by atoms with Crippen molar-refractivity contribution in [3.63, 3.8) is 0 Å². The molecule has 0 aromatic heterocycles. The van der Waals surface area contributed by atoms with Crippen LogP contribution in [-0.4, -0.2) is 17.8 Å². The first-order valence-corrected chi connectivity index (χ1v) is 5.69. The summed E-state index contributed by atoms with van der Waals surface area (Å²) >= 11 is 0. The molecule has 1 fully saturated rings. The van der Waals surface area contributed by atoms with Gasteiger partial charge in [0.05, 0.1) is 12.7 Å². The summed E-state index contributed by atoms with van der Waals surface area (Å²) in [6, 6.07) is 6.49. The first-order valence-electron chi connectivity index (χ1n) is 5.69. The molecule has 1 aliphatic carbocycles. The van der Waals surface area contributed by atoms with Crippen LogP contribution in [0.4, 0.5) is 0 Å². The van der Waals surface area contributed by atoms with Crippen LogP contribution in [0.25, 0.3) is 0 Å². The first kappa shape index (κ1) is 9.22. The van der Waals surface area contributed by atoms with Crippen molar-refractivity contribution in [3.05, 3.63) is 29.3 Å². The molecule has 1 aliphatic heterocycles. The molecule has 1 aromatic rings. The summed E-state index contributed by atoms with van der Waals surface area (Å²) in [6.45, 7) is 2.71. The van der Waals surface area contributed by atoms with E-state index in [0.29, 0.717) is 11.8 Å². The van der Waals surface area contributed by atoms with Crippen LogP contribution in [0.1, 0.15) is 30.4 Å². The summed E-state index contributed by atoms with van der Waals surface area (Å²) in [7, 11) is 0. The summed E-state index contributed by atoms with van der Waals surface area (Å²) < 4.78 is 5.48. The number of ether oxygens (including phenoxy) is 1. The molecule has 2 nitrogen and oxygen atoms in total. The summed E-state index contributed by atoms with van der Waals surface area (Å²) in [6.07, 6.45) is 2.01. The quantitative estimate of drug-likeness (QED) is 0.799. The highest BCUT2D eigenvalue weighted by Crippen LogP contribution is 2.50. The van der Waals surface area contributed by atoms with E-state index in [1.807, 2.05) is 6.92 Å². The maximum absolute atomic E-state index is 9.49. The molecule has 2 aliphatic rings. The van der Waals surface area contributed by atoms with Gasteiger partial charge in [0.25, 0.3) is 0 Å². The Balaban J connectivity index is 1.83. The van der Waals surface area contributed by atoms with Crippen LogP contribution >= 0.6 is 0 Å². The van der Waals surface area contributed by atoms with Crippen LogP contribution in [0.3, 0.4) is 0 Å². The van der Waals surface area contributed by atoms with E-state index >= 15 is 0 Å². The third-order valence-electron chi connectivity index (χ3n) is 3.60. The summed E-state index contributed by atoms with van der Waals surface area (Å²) in [5.74, 6) is 2.11. The third kappa shape index (κ3) is 1.53. The zero-order valence-electron chi connectivity index (χ0n) is 8.94. The zero-order valence-corrected chi connectivity index (χ0v) is 8.94. The van der Waals surface area contributed by atoms with Crippen molar-refractivity contribution in [2.24, 2.45) is 5.92 Å². The molecule has 80 valence electrons. The van der Waals surface area contributed by atoms with Gasteiger partial charge in [-0.15, -0.1) is 0 Å². The molecule has 1 heterocycles. The molecule has 1 aromatic carbocycles. The van der Waals surface area contributed by atoms with Crippen molar-refractivity contribution < 1.29 is 9.84 Å². The number of aliphatic hydroxyl groups excluding tert-OH is 1. The van der Waals surface area contributed by atoms with Crippen molar-refractivity contribution in [3.8, 4) is 5.75 Å². The Morgan fingerprint density at radius 3 is 3.07 bits per heavy atom. The summed E-state index contributed by atoms with van der Waals surface area (Å²) in [5, 5.41) is 9.49. The van der Waals surface area contributed by atoms with Crippen LogP contribution in [-0.2, 0) is 6.42 Å². The topological polar surface area (TPSA) is 29.5 Å². The lowest BCUT2D eigenvalue weighted by Crippen LogP contribution is -2.03. The highest BCUT2D eigenvalue weighted by atomic mass is 16.5. The molecular weight excluding hydrogens is 188 g/mol. The molecule has 0 bridgehead atoms. The molecule has 0 spiro atoms. The fourth-order valence-corrected chi connectivity index (χ4v) is 2.57. The lowest BCUT2D eigenvalue weighted by atomic mass is 10.0. The Hall–Kier alpha value is -1.02. The predicted octanol–water partition coefficient (Wildman–Crippen LogP) is 2.11. The van der Waals surface area contributed by atoms with Gasteiger partial charge in [-0.1, -0.05) is 12.1 Å². The van der Waals surface area contributed by atoms with Crippen LogP contribution in [0.15, 0.2) is 18.2 Å². The van der Waals surface area contributed by atoms with Gasteiger partial charge in [-0.25, -0.2) is 0 Å². The van der Waals surface area contributed by atoms with Crippen LogP contribution < -0.4 is 4.74 Å². The smallest absolute Gasteiger partial charge is 0.122 e. The van der Waals surface area contributed by atoms with Crippen molar-refractivity contribution in [1.29, 1.82) is 0 Å². The number of benzene rings is 1. The molecule has 15 heavy (non-hydrogen) atoms. The van der Waals surface area contributed by atoms with E-state index in [-0.39, 0.29) is 6.10 Å². The highest BCUT2D eigenvalue weighted by Gasteiger charge is 2.41. The molecule has 1 saturated carbocycles. The number of aliphatic hydroxyl groups is 1. The first-order chi connectivity index (χ1) is 7.25. The van der Waals surface area contributed by atoms with E-state index in [2.05, 4.69) is 18.2 Å². The molecule has 0 radical (unpaired) electrons. The van der Waals surface area contributed by atoms with E-state index < -0.39 is 0 Å². The average molecular weight is 204 g/mol. The van der Waals surface area contributed by atoms with Gasteiger partial charge in [0, 0.05) is 6.42 Å². The van der Waals surface area contributed by atoms with Crippen molar-refractivity contribution >= 4 is 0 Å². The van der Waals surface area contributed by atoms with Gasteiger partial charge in [-0.2, -0.15) is 0 Å². The molecule has 3 atom stereocenters. The maximum atomic E-state index is 9.49. The Labute approximate surface area is 89.9 Å². The number of fused-ring (bicyclic) bond motifs is 1. The minimum atomic E-state index is -0.167.